The van der Waals surface area contributed by atoms with Gasteiger partial charge in [0.2, 0.25) is 0 Å². The number of hydrogen-bond donors (Lipinski definition) is 0. The molecule has 0 unspecified atom stereocenters. The number of halogens is 4. The summed E-state index contributed by atoms with van der Waals surface area (Å²) in [5.74, 6) is 0. The van der Waals surface area contributed by atoms with Crippen LogP contribution in [-0.2, 0) is 0 Å². The lowest BCUT2D eigenvalue weighted by atomic mass is 10.4. The van der Waals surface area contributed by atoms with Crippen molar-refractivity contribution in [2.45, 2.75) is 3.36 Å². The van der Waals surface area contributed by atoms with Crippen molar-refractivity contribution in [3.8, 4) is 0 Å². The minimum absolute atomic E-state index is 0.143. The molecule has 0 saturated heterocycles. The van der Waals surface area contributed by atoms with E-state index in [9.17, 15) is 0 Å². The third kappa shape index (κ3) is 7.27. The molecule has 0 amide bonds. The average Bonchev–Trinajstić information content (AvgIpc) is 2.64. The summed E-state index contributed by atoms with van der Waals surface area (Å²) in [7, 11) is -0.143. The van der Waals surface area contributed by atoms with E-state index in [1.807, 2.05) is 12.1 Å². The number of hydrogen-bond acceptors (Lipinski definition) is 0. The number of alkyl halides is 2. The first-order valence-corrected chi connectivity index (χ1v) is 17.7. The fourth-order valence-electron chi connectivity index (χ4n) is 2.25. The second-order valence-electron chi connectivity index (χ2n) is 5.39. The Morgan fingerprint density at radius 3 is 1.32 bits per heavy atom. The molecule has 0 N–H and O–H groups in total. The molecule has 0 aliphatic rings. The van der Waals surface area contributed by atoms with E-state index in [4.69, 9.17) is 0 Å². The van der Waals surface area contributed by atoms with Crippen molar-refractivity contribution in [1.29, 1.82) is 0 Å². The van der Waals surface area contributed by atoms with Crippen LogP contribution in [0.15, 0.2) is 91.0 Å². The van der Waals surface area contributed by atoms with E-state index in [1.54, 1.807) is 0 Å². The van der Waals surface area contributed by atoms with Gasteiger partial charge in [0.05, 0.1) is 12.9 Å². The second-order valence-corrected chi connectivity index (χ2v) is 25.9. The van der Waals surface area contributed by atoms with Gasteiger partial charge in [0, 0.05) is 0 Å². The average molecular weight is 622 g/mol. The van der Waals surface area contributed by atoms with Crippen molar-refractivity contribution in [3.63, 3.8) is 0 Å². The first-order valence-electron chi connectivity index (χ1n) is 7.81. The second kappa shape index (κ2) is 11.0. The van der Waals surface area contributed by atoms with E-state index in [1.165, 1.54) is 15.6 Å². The summed E-state index contributed by atoms with van der Waals surface area (Å²) in [6.45, 7) is 0. The molecule has 6 heteroatoms. The fraction of sp³-hybridized carbons (Fsp3) is 0.0526. The molecule has 25 heavy (non-hydrogen) atoms. The Hall–Kier alpha value is 0.0138. The van der Waals surface area contributed by atoms with E-state index in [2.05, 4.69) is 141 Å². The maximum atomic E-state index is 3.85. The van der Waals surface area contributed by atoms with E-state index in [-0.39, 0.29) is 9.52 Å². The molecule has 0 heterocycles. The van der Waals surface area contributed by atoms with Crippen molar-refractivity contribution in [3.05, 3.63) is 91.0 Å². The summed E-state index contributed by atoms with van der Waals surface area (Å²) in [4.78, 5) is 0. The predicted molar refractivity (Wildman–Crippen MR) is 132 cm³/mol. The number of benzene rings is 3. The maximum Gasteiger partial charge on any atom is 0.259 e. The molecule has 0 radical (unpaired) electrons. The maximum absolute atomic E-state index is 3.85. The van der Waals surface area contributed by atoms with Crippen molar-refractivity contribution < 1.29 is 0 Å². The minimum atomic E-state index is -1.83. The Morgan fingerprint density at radius 2 is 0.960 bits per heavy atom. The Morgan fingerprint density at radius 1 is 0.600 bits per heavy atom. The van der Waals surface area contributed by atoms with Crippen molar-refractivity contribution >= 4 is 92.8 Å². The summed E-state index contributed by atoms with van der Waals surface area (Å²) in [6, 6.07) is 31.6. The van der Waals surface area contributed by atoms with E-state index >= 15 is 0 Å². The van der Waals surface area contributed by atoms with Gasteiger partial charge in [-0.25, -0.2) is 0 Å². The lowest BCUT2D eigenvalue weighted by Gasteiger charge is -2.18. The topological polar surface area (TPSA) is 0 Å². The summed E-state index contributed by atoms with van der Waals surface area (Å²) in [5, 5.41) is 2.32. The monoisotopic (exact) mass is 618 g/mol. The van der Waals surface area contributed by atoms with Crippen LogP contribution in [-0.4, -0.2) is 18.2 Å². The molecule has 0 nitrogen and oxygen atoms in total. The van der Waals surface area contributed by atoms with Crippen LogP contribution in [0.2, 0.25) is 0 Å². The zero-order valence-corrected chi connectivity index (χ0v) is 22.2. The summed E-state index contributed by atoms with van der Waals surface area (Å²) < 4.78 is 0.530. The molecule has 0 fully saturated rings. The normalized spacial score (nSPS) is 11.4. The highest BCUT2D eigenvalue weighted by atomic mass is 79.9. The highest BCUT2D eigenvalue weighted by molar-refractivity contribution is 9.52. The van der Waals surface area contributed by atoms with Gasteiger partial charge in [0.15, 0.2) is 0 Å². The van der Waals surface area contributed by atoms with Crippen molar-refractivity contribution in [2.75, 3.05) is 0 Å². The van der Waals surface area contributed by atoms with Crippen LogP contribution >= 0.6 is 62.4 Å². The van der Waals surface area contributed by atoms with Crippen LogP contribution in [0.4, 0.5) is 0 Å². The fourth-order valence-corrected chi connectivity index (χ4v) is 10.1. The molecular weight excluding hydrogens is 604 g/mol. The van der Waals surface area contributed by atoms with Gasteiger partial charge >= 0.3 is 0 Å². The van der Waals surface area contributed by atoms with Gasteiger partial charge in [-0.2, -0.15) is 0 Å². The lowest BCUT2D eigenvalue weighted by molar-refractivity contribution is 1.74. The molecule has 0 aliphatic heterocycles. The summed E-state index contributed by atoms with van der Waals surface area (Å²) in [6.07, 6.45) is 0. The molecule has 0 aromatic heterocycles. The first-order chi connectivity index (χ1) is 12.0. The van der Waals surface area contributed by atoms with Gasteiger partial charge in [-0.1, -0.05) is 159 Å². The molecule has 3 rings (SSSR count). The van der Waals surface area contributed by atoms with Crippen molar-refractivity contribution in [1.82, 2.24) is 0 Å². The zero-order valence-electron chi connectivity index (χ0n) is 13.5. The van der Waals surface area contributed by atoms with Crippen LogP contribution in [0.5, 0.6) is 0 Å². The van der Waals surface area contributed by atoms with Crippen molar-refractivity contribution in [2.24, 2.45) is 0 Å². The smallest absolute Gasteiger partial charge is 0.0987 e. The van der Waals surface area contributed by atoms with Gasteiger partial charge < -0.3 is 0 Å². The quantitative estimate of drug-likeness (QED) is 0.227. The molecule has 0 saturated carbocycles. The van der Waals surface area contributed by atoms with Gasteiger partial charge in [0.25, 0.3) is 5.31 Å². The largest absolute Gasteiger partial charge is 0.259 e. The standard InChI is InChI=1S/C12H10Br2Si.C7H8Br2Si/c13-15(14,11-7-3-1-4-8-11)12-9-5-2-6-10-12;8-7(9)10-6-4-2-1-3-5-6/h1-10H;1-5,7H,10H2. The van der Waals surface area contributed by atoms with Gasteiger partial charge in [-0.15, -0.1) is 0 Å². The van der Waals surface area contributed by atoms with Gasteiger partial charge in [-0.3, -0.25) is 0 Å². The van der Waals surface area contributed by atoms with E-state index < -0.39 is 5.31 Å². The van der Waals surface area contributed by atoms with Crippen LogP contribution in [0.1, 0.15) is 0 Å². The highest BCUT2D eigenvalue weighted by Crippen LogP contribution is 2.19. The minimum Gasteiger partial charge on any atom is -0.0987 e. The molecule has 130 valence electrons. The molecular formula is C19H18Br4Si2. The summed E-state index contributed by atoms with van der Waals surface area (Å²) in [5.41, 5.74) is 0. The molecule has 0 aliphatic carbocycles. The predicted octanol–water partition coefficient (Wildman–Crippen LogP) is 4.59. The highest BCUT2D eigenvalue weighted by Gasteiger charge is 2.30. The SMILES string of the molecule is BrC(Br)[SiH2]c1ccccc1.Br[Si](Br)(c1ccccc1)c1ccccc1. The Kier molecular flexibility index (Phi) is 9.37. The van der Waals surface area contributed by atoms with Crippen LogP contribution < -0.4 is 15.6 Å². The molecule has 0 spiro atoms. The molecule has 0 atom stereocenters. The van der Waals surface area contributed by atoms with Gasteiger partial charge in [0.1, 0.15) is 0 Å². The summed E-state index contributed by atoms with van der Waals surface area (Å²) >= 11 is 14.7. The zero-order chi connectivity index (χ0) is 18.1. The third-order valence-corrected chi connectivity index (χ3v) is 14.3. The first kappa shape index (κ1) is 21.3. The number of rotatable bonds is 4. The van der Waals surface area contributed by atoms with E-state index in [0.717, 1.165) is 0 Å². The van der Waals surface area contributed by atoms with Gasteiger partial charge in [-0.05, 0) is 10.4 Å². The Labute approximate surface area is 185 Å². The Balaban J connectivity index is 0.000000196. The lowest BCUT2D eigenvalue weighted by Crippen LogP contribution is -2.47. The van der Waals surface area contributed by atoms with Crippen LogP contribution in [0.25, 0.3) is 0 Å². The molecule has 0 bridgehead atoms. The Bertz CT molecular complexity index is 694. The third-order valence-electron chi connectivity index (χ3n) is 3.51. The molecule has 3 aromatic rings. The molecule has 3 aromatic carbocycles. The van der Waals surface area contributed by atoms with Crippen LogP contribution in [0.3, 0.4) is 0 Å². The van der Waals surface area contributed by atoms with E-state index in [0.29, 0.717) is 3.36 Å². The van der Waals surface area contributed by atoms with Crippen LogP contribution in [0, 0.1) is 0 Å².